The van der Waals surface area contributed by atoms with Crippen LogP contribution in [0.3, 0.4) is 0 Å². The summed E-state index contributed by atoms with van der Waals surface area (Å²) in [5, 5.41) is 4.16. The van der Waals surface area contributed by atoms with E-state index in [1.54, 1.807) is 6.92 Å². The minimum atomic E-state index is -0.221. The normalized spacial score (nSPS) is 11.6. The Kier molecular flexibility index (Phi) is 7.29. The average molecular weight is 360 g/mol. The highest BCUT2D eigenvalue weighted by Gasteiger charge is 2.15. The molecule has 0 bridgehead atoms. The molecule has 22 heavy (non-hydrogen) atoms. The lowest BCUT2D eigenvalue weighted by Crippen LogP contribution is -2.26. The van der Waals surface area contributed by atoms with Crippen molar-refractivity contribution >= 4 is 46.4 Å². The lowest BCUT2D eigenvalue weighted by molar-refractivity contribution is -0.119. The molecular weight excluding hydrogens is 341 g/mol. The highest BCUT2D eigenvalue weighted by molar-refractivity contribution is 7.15. The molecule has 1 aromatic heterocycles. The summed E-state index contributed by atoms with van der Waals surface area (Å²) in [5.74, 6) is -0.322. The molecule has 0 aliphatic heterocycles. The van der Waals surface area contributed by atoms with Gasteiger partial charge in [0.05, 0.1) is 5.69 Å². The van der Waals surface area contributed by atoms with Crippen LogP contribution in [-0.2, 0) is 11.2 Å². The van der Waals surface area contributed by atoms with Gasteiger partial charge in [0, 0.05) is 28.8 Å². The third-order valence-corrected chi connectivity index (χ3v) is 4.67. The number of amides is 1. The minimum absolute atomic E-state index is 0. The lowest BCUT2D eigenvalue weighted by Gasteiger charge is -2.06. The highest BCUT2D eigenvalue weighted by atomic mass is 35.5. The number of hydrogen-bond donors (Lipinski definition) is 2. The Labute approximate surface area is 145 Å². The number of halogens is 2. The smallest absolute Gasteiger partial charge is 0.230 e. The van der Waals surface area contributed by atoms with Crippen molar-refractivity contribution in [2.75, 3.05) is 11.9 Å². The maximum absolute atomic E-state index is 11.8. The van der Waals surface area contributed by atoms with Crippen LogP contribution in [0.1, 0.15) is 23.1 Å². The number of rotatable bonds is 5. The van der Waals surface area contributed by atoms with Crippen molar-refractivity contribution < 1.29 is 4.79 Å². The van der Waals surface area contributed by atoms with Crippen LogP contribution in [0.5, 0.6) is 0 Å². The summed E-state index contributed by atoms with van der Waals surface area (Å²) in [4.78, 5) is 17.3. The number of hydrogen-bond acceptors (Lipinski definition) is 4. The summed E-state index contributed by atoms with van der Waals surface area (Å²) < 4.78 is 0. The molecule has 0 fully saturated rings. The zero-order valence-electron chi connectivity index (χ0n) is 12.4. The van der Waals surface area contributed by atoms with Crippen molar-refractivity contribution in [3.8, 4) is 0 Å². The van der Waals surface area contributed by atoms with Crippen LogP contribution in [0.15, 0.2) is 24.3 Å². The van der Waals surface area contributed by atoms with Gasteiger partial charge >= 0.3 is 0 Å². The van der Waals surface area contributed by atoms with Crippen LogP contribution in [-0.4, -0.2) is 17.4 Å². The second-order valence-electron chi connectivity index (χ2n) is 4.92. The molecule has 2 rings (SSSR count). The molecular formula is C15H19Cl2N3OS. The van der Waals surface area contributed by atoms with E-state index in [0.717, 1.165) is 21.2 Å². The van der Waals surface area contributed by atoms with E-state index < -0.39 is 0 Å². The van der Waals surface area contributed by atoms with Gasteiger partial charge in [-0.3, -0.25) is 4.79 Å². The predicted molar refractivity (Wildman–Crippen MR) is 95.2 cm³/mol. The van der Waals surface area contributed by atoms with E-state index in [1.807, 2.05) is 31.2 Å². The Morgan fingerprint density at radius 1 is 1.45 bits per heavy atom. The maximum Gasteiger partial charge on any atom is 0.230 e. The third kappa shape index (κ3) is 4.68. The number of anilines is 1. The van der Waals surface area contributed by atoms with Crippen molar-refractivity contribution in [3.63, 3.8) is 0 Å². The van der Waals surface area contributed by atoms with E-state index in [4.69, 9.17) is 17.3 Å². The van der Waals surface area contributed by atoms with Crippen LogP contribution in [0.25, 0.3) is 0 Å². The number of nitrogens with one attached hydrogen (secondary N) is 1. The van der Waals surface area contributed by atoms with Gasteiger partial charge in [-0.05, 0) is 18.6 Å². The van der Waals surface area contributed by atoms with Crippen molar-refractivity contribution in [1.29, 1.82) is 0 Å². The molecule has 2 aromatic rings. The SMILES string of the molecule is Cc1nc(NC(=O)C(C)CN)sc1Cc1ccccc1Cl.Cl. The second kappa shape index (κ2) is 8.48. The zero-order valence-corrected chi connectivity index (χ0v) is 14.8. The number of carbonyl (C=O) groups excluding carboxylic acids is 1. The molecule has 120 valence electrons. The van der Waals surface area contributed by atoms with Gasteiger partial charge < -0.3 is 11.1 Å². The predicted octanol–water partition coefficient (Wildman–Crippen LogP) is 3.65. The first-order valence-corrected chi connectivity index (χ1v) is 7.91. The molecule has 0 aliphatic carbocycles. The Bertz CT molecular complexity index is 645. The largest absolute Gasteiger partial charge is 0.330 e. The average Bonchev–Trinajstić information content (AvgIpc) is 2.80. The number of aromatic nitrogens is 1. The topological polar surface area (TPSA) is 68.0 Å². The molecule has 0 radical (unpaired) electrons. The van der Waals surface area contributed by atoms with Crippen LogP contribution >= 0.6 is 35.3 Å². The Morgan fingerprint density at radius 2 is 2.14 bits per heavy atom. The number of nitrogens with zero attached hydrogens (tertiary/aromatic N) is 1. The number of carbonyl (C=O) groups is 1. The Balaban J connectivity index is 0.00000242. The highest BCUT2D eigenvalue weighted by Crippen LogP contribution is 2.27. The van der Waals surface area contributed by atoms with Crippen LogP contribution in [0.4, 0.5) is 5.13 Å². The molecule has 3 N–H and O–H groups in total. The maximum atomic E-state index is 11.8. The van der Waals surface area contributed by atoms with Crippen LogP contribution < -0.4 is 11.1 Å². The molecule has 1 amide bonds. The summed E-state index contributed by atoms with van der Waals surface area (Å²) in [6.07, 6.45) is 0.714. The first-order valence-electron chi connectivity index (χ1n) is 6.72. The fraction of sp³-hybridized carbons (Fsp3) is 0.333. The number of aryl methyl sites for hydroxylation is 1. The zero-order chi connectivity index (χ0) is 15.4. The van der Waals surface area contributed by atoms with Crippen LogP contribution in [0, 0.1) is 12.8 Å². The molecule has 1 atom stereocenters. The molecule has 0 saturated carbocycles. The molecule has 1 aromatic carbocycles. The molecule has 7 heteroatoms. The van der Waals surface area contributed by atoms with E-state index in [2.05, 4.69) is 10.3 Å². The van der Waals surface area contributed by atoms with Gasteiger partial charge in [-0.1, -0.05) is 36.7 Å². The summed E-state index contributed by atoms with van der Waals surface area (Å²) in [5.41, 5.74) is 7.46. The van der Waals surface area contributed by atoms with Crippen molar-refractivity contribution in [2.45, 2.75) is 20.3 Å². The molecule has 1 unspecified atom stereocenters. The monoisotopic (exact) mass is 359 g/mol. The van der Waals surface area contributed by atoms with E-state index >= 15 is 0 Å². The summed E-state index contributed by atoms with van der Waals surface area (Å²) >= 11 is 7.66. The van der Waals surface area contributed by atoms with Gasteiger partial charge in [-0.25, -0.2) is 4.98 Å². The van der Waals surface area contributed by atoms with Gasteiger partial charge in [0.1, 0.15) is 0 Å². The number of nitrogens with two attached hydrogens (primary N) is 1. The van der Waals surface area contributed by atoms with Crippen molar-refractivity contribution in [1.82, 2.24) is 4.98 Å². The molecule has 4 nitrogen and oxygen atoms in total. The molecule has 0 spiro atoms. The fourth-order valence-corrected chi connectivity index (χ4v) is 2.99. The fourth-order valence-electron chi connectivity index (χ4n) is 1.80. The summed E-state index contributed by atoms with van der Waals surface area (Å²) in [6, 6.07) is 7.74. The van der Waals surface area contributed by atoms with Crippen molar-refractivity contribution in [3.05, 3.63) is 45.4 Å². The van der Waals surface area contributed by atoms with Crippen molar-refractivity contribution in [2.24, 2.45) is 11.7 Å². The molecule has 0 aliphatic rings. The minimum Gasteiger partial charge on any atom is -0.330 e. The van der Waals surface area contributed by atoms with Crippen LogP contribution in [0.2, 0.25) is 5.02 Å². The molecule has 1 heterocycles. The quantitative estimate of drug-likeness (QED) is 0.855. The first kappa shape index (κ1) is 18.9. The Morgan fingerprint density at radius 3 is 2.77 bits per heavy atom. The van der Waals surface area contributed by atoms with E-state index in [0.29, 0.717) is 18.1 Å². The second-order valence-corrected chi connectivity index (χ2v) is 6.41. The molecule has 0 saturated heterocycles. The van der Waals surface area contributed by atoms with E-state index in [-0.39, 0.29) is 24.2 Å². The Hall–Kier alpha value is -1.14. The van der Waals surface area contributed by atoms with E-state index in [1.165, 1.54) is 11.3 Å². The van der Waals surface area contributed by atoms with E-state index in [9.17, 15) is 4.79 Å². The summed E-state index contributed by atoms with van der Waals surface area (Å²) in [6.45, 7) is 4.05. The first-order chi connectivity index (χ1) is 10.0. The third-order valence-electron chi connectivity index (χ3n) is 3.23. The number of thiazole rings is 1. The lowest BCUT2D eigenvalue weighted by atomic mass is 10.1. The summed E-state index contributed by atoms with van der Waals surface area (Å²) in [7, 11) is 0. The van der Waals surface area contributed by atoms with Gasteiger partial charge in [-0.15, -0.1) is 23.7 Å². The van der Waals surface area contributed by atoms with Gasteiger partial charge in [0.2, 0.25) is 5.91 Å². The number of benzene rings is 1. The standard InChI is InChI=1S/C15H18ClN3OS.ClH/c1-9(8-17)14(20)19-15-18-10(2)13(21-15)7-11-5-3-4-6-12(11)16;/h3-6,9H,7-8,17H2,1-2H3,(H,18,19,20);1H. The van der Waals surface area contributed by atoms with Gasteiger partial charge in [-0.2, -0.15) is 0 Å². The van der Waals surface area contributed by atoms with Gasteiger partial charge in [0.25, 0.3) is 0 Å². The van der Waals surface area contributed by atoms with Gasteiger partial charge in [0.15, 0.2) is 5.13 Å².